The summed E-state index contributed by atoms with van der Waals surface area (Å²) in [5.74, 6) is -0.650. The minimum atomic E-state index is -5.36. The van der Waals surface area contributed by atoms with Crippen LogP contribution >= 0.6 is 15.6 Å². The first kappa shape index (κ1) is 32.7. The number of nitrogen functional groups attached to an aromatic ring is 1. The van der Waals surface area contributed by atoms with E-state index in [1.807, 2.05) is 6.92 Å². The van der Waals surface area contributed by atoms with Gasteiger partial charge in [-0.3, -0.25) is 18.4 Å². The lowest BCUT2D eigenvalue weighted by atomic mass is 10.1. The number of carbonyl (C=O) groups excluding carboxylic acids is 1. The Bertz CT molecular complexity index is 1350. The molecule has 0 saturated carbocycles. The van der Waals surface area contributed by atoms with Crippen LogP contribution in [0.25, 0.3) is 11.2 Å². The molecular weight excluding hydrogens is 612 g/mol. The molecule has 0 radical (unpaired) electrons. The number of carbonyl (C=O) groups is 1. The van der Waals surface area contributed by atoms with Crippen molar-refractivity contribution in [1.82, 2.24) is 19.5 Å². The molecule has 20 nitrogen and oxygen atoms in total. The molecule has 8 N–H and O–H groups in total. The number of aliphatic hydroxyl groups excluding tert-OH is 4. The summed E-state index contributed by atoms with van der Waals surface area (Å²) >= 11 is 0. The second kappa shape index (κ2) is 13.2. The maximum atomic E-state index is 12.3. The summed E-state index contributed by atoms with van der Waals surface area (Å²) in [4.78, 5) is 43.5. The predicted molar refractivity (Wildman–Crippen MR) is 135 cm³/mol. The average Bonchev–Trinajstić information content (AvgIpc) is 3.55. The Labute approximate surface area is 237 Å². The van der Waals surface area contributed by atoms with Gasteiger partial charge in [-0.1, -0.05) is 13.3 Å². The Morgan fingerprint density at radius 1 is 1.00 bits per heavy atom. The van der Waals surface area contributed by atoms with Crippen LogP contribution in [0.15, 0.2) is 12.7 Å². The number of fused-ring (bicyclic) bond motifs is 1. The van der Waals surface area contributed by atoms with Gasteiger partial charge in [0.1, 0.15) is 42.4 Å². The Hall–Kier alpha value is -2.16. The number of hydrogen-bond donors (Lipinski definition) is 7. The van der Waals surface area contributed by atoms with E-state index in [0.29, 0.717) is 12.8 Å². The molecule has 2 aromatic heterocycles. The van der Waals surface area contributed by atoms with Crippen molar-refractivity contribution in [3.05, 3.63) is 12.7 Å². The van der Waals surface area contributed by atoms with Crippen molar-refractivity contribution >= 4 is 38.6 Å². The average molecular weight is 643 g/mol. The number of aliphatic hydroxyl groups is 4. The fourth-order valence-corrected chi connectivity index (χ4v) is 6.27. The van der Waals surface area contributed by atoms with Crippen LogP contribution in [-0.2, 0) is 41.5 Å². The van der Waals surface area contributed by atoms with Gasteiger partial charge in [0.25, 0.3) is 0 Å². The summed E-state index contributed by atoms with van der Waals surface area (Å²) in [5.41, 5.74) is 6.10. The van der Waals surface area contributed by atoms with Gasteiger partial charge in [0.05, 0.1) is 19.5 Å². The fourth-order valence-electron chi connectivity index (χ4n) is 4.18. The molecule has 2 fully saturated rings. The molecule has 0 aromatic carbocycles. The van der Waals surface area contributed by atoms with Gasteiger partial charge in [0.2, 0.25) is 0 Å². The Kier molecular flexibility index (Phi) is 10.3. The number of phosphoric ester groups is 2. The molecule has 4 heterocycles. The van der Waals surface area contributed by atoms with Gasteiger partial charge in [0, 0.05) is 6.42 Å². The molecule has 4 rings (SSSR count). The molecule has 3 unspecified atom stereocenters. The summed E-state index contributed by atoms with van der Waals surface area (Å²) < 4.78 is 54.9. The van der Waals surface area contributed by atoms with E-state index in [-0.39, 0.29) is 23.4 Å². The fraction of sp³-hybridized carbons (Fsp3) is 0.700. The number of aromatic nitrogens is 4. The third-order valence-electron chi connectivity index (χ3n) is 6.32. The van der Waals surface area contributed by atoms with Crippen molar-refractivity contribution in [3.8, 4) is 0 Å². The summed E-state index contributed by atoms with van der Waals surface area (Å²) in [6, 6.07) is 0. The number of unbranched alkanes of at least 4 members (excludes halogenated alkanes) is 1. The first-order valence-electron chi connectivity index (χ1n) is 12.5. The smallest absolute Gasteiger partial charge is 0.454 e. The minimum absolute atomic E-state index is 0.0339. The highest BCUT2D eigenvalue weighted by Gasteiger charge is 2.48. The zero-order valence-corrected chi connectivity index (χ0v) is 23.7. The van der Waals surface area contributed by atoms with Gasteiger partial charge >= 0.3 is 21.6 Å². The molecule has 0 aliphatic carbocycles. The molecule has 2 saturated heterocycles. The first-order valence-corrected chi connectivity index (χ1v) is 15.5. The van der Waals surface area contributed by atoms with E-state index < -0.39 is 84.0 Å². The molecule has 2 aromatic rings. The van der Waals surface area contributed by atoms with E-state index in [1.54, 1.807) is 0 Å². The van der Waals surface area contributed by atoms with Crippen LogP contribution in [0.4, 0.5) is 5.82 Å². The van der Waals surface area contributed by atoms with E-state index in [9.17, 15) is 44.1 Å². The molecule has 0 amide bonds. The van der Waals surface area contributed by atoms with Crippen molar-refractivity contribution in [2.24, 2.45) is 0 Å². The van der Waals surface area contributed by atoms with Crippen LogP contribution < -0.4 is 5.73 Å². The summed E-state index contributed by atoms with van der Waals surface area (Å²) in [6.45, 7) is 0.0200. The summed E-state index contributed by atoms with van der Waals surface area (Å²) in [6.07, 6.45) is -8.74. The van der Waals surface area contributed by atoms with Crippen LogP contribution in [-0.4, -0.2) is 112 Å². The minimum Gasteiger partial charge on any atom is -0.454 e. The molecule has 42 heavy (non-hydrogen) atoms. The van der Waals surface area contributed by atoms with E-state index in [2.05, 4.69) is 28.3 Å². The SMILES string of the molecule is CCCCC(=O)O[C@@H]1C(O)O[C@@H](COP(=O)(O)OP(=O)(O)OC[C@H]2O[C@@H](n3cnc4c(N)ncnc43)[C@H](O)[C@@H]2O)[C@@H]1O. The molecule has 22 heteroatoms. The van der Waals surface area contributed by atoms with Crippen LogP contribution in [0.5, 0.6) is 0 Å². The molecular formula is C20H31N5O15P2. The topological polar surface area (TPSA) is 298 Å². The highest BCUT2D eigenvalue weighted by molar-refractivity contribution is 7.61. The zero-order valence-electron chi connectivity index (χ0n) is 21.9. The Balaban J connectivity index is 1.29. The van der Waals surface area contributed by atoms with Crippen LogP contribution in [0.2, 0.25) is 0 Å². The zero-order chi connectivity index (χ0) is 30.8. The van der Waals surface area contributed by atoms with Crippen LogP contribution in [0.1, 0.15) is 32.4 Å². The van der Waals surface area contributed by atoms with Gasteiger partial charge in [0.15, 0.2) is 30.1 Å². The normalized spacial score (nSPS) is 32.5. The van der Waals surface area contributed by atoms with Gasteiger partial charge in [-0.2, -0.15) is 4.31 Å². The number of esters is 1. The lowest BCUT2D eigenvalue weighted by molar-refractivity contribution is -0.173. The molecule has 2 aliphatic heterocycles. The molecule has 10 atom stereocenters. The van der Waals surface area contributed by atoms with Crippen molar-refractivity contribution in [2.45, 2.75) is 75.3 Å². The lowest BCUT2D eigenvalue weighted by Crippen LogP contribution is -2.38. The van der Waals surface area contributed by atoms with Crippen LogP contribution in [0, 0.1) is 0 Å². The maximum Gasteiger partial charge on any atom is 0.481 e. The summed E-state index contributed by atoms with van der Waals surface area (Å²) in [7, 11) is -10.7. The van der Waals surface area contributed by atoms with Crippen molar-refractivity contribution in [1.29, 1.82) is 0 Å². The number of rotatable bonds is 13. The highest BCUT2D eigenvalue weighted by Crippen LogP contribution is 2.60. The Morgan fingerprint density at radius 3 is 2.29 bits per heavy atom. The molecule has 2 aliphatic rings. The van der Waals surface area contributed by atoms with E-state index in [1.165, 1.54) is 10.9 Å². The lowest BCUT2D eigenvalue weighted by Gasteiger charge is -2.21. The van der Waals surface area contributed by atoms with E-state index >= 15 is 0 Å². The van der Waals surface area contributed by atoms with Crippen molar-refractivity contribution in [2.75, 3.05) is 18.9 Å². The predicted octanol–water partition coefficient (Wildman–Crippen LogP) is -1.54. The second-order valence-corrected chi connectivity index (χ2v) is 12.4. The molecule has 0 bridgehead atoms. The van der Waals surface area contributed by atoms with Gasteiger partial charge < -0.3 is 50.2 Å². The van der Waals surface area contributed by atoms with Gasteiger partial charge in [-0.05, 0) is 6.42 Å². The van der Waals surface area contributed by atoms with E-state index in [0.717, 1.165) is 6.33 Å². The van der Waals surface area contributed by atoms with Gasteiger partial charge in [-0.15, -0.1) is 0 Å². The van der Waals surface area contributed by atoms with Crippen molar-refractivity contribution in [3.63, 3.8) is 0 Å². The monoisotopic (exact) mass is 643 g/mol. The van der Waals surface area contributed by atoms with Gasteiger partial charge in [-0.25, -0.2) is 24.1 Å². The van der Waals surface area contributed by atoms with Crippen molar-refractivity contribution < 1.29 is 71.7 Å². The number of hydrogen-bond acceptors (Lipinski definition) is 17. The molecule has 0 spiro atoms. The number of nitrogens with two attached hydrogens (primary N) is 1. The maximum absolute atomic E-state index is 12.3. The second-order valence-electron chi connectivity index (χ2n) is 9.35. The molecule has 236 valence electrons. The first-order chi connectivity index (χ1) is 19.7. The standard InChI is InChI=1S/C20H31N5O15P2/c1-2-3-4-11(26)39-16-14(28)10(38-20(16)30)6-36-42(33,34)40-41(31,32)35-5-9-13(27)15(29)19(37-9)25-8-24-12-17(21)22-7-23-18(12)25/h7-10,13-16,19-20,27-30H,2-6H2,1H3,(H,31,32)(H,33,34)(H2,21,22,23)/t9-,10+,13-,14+,15-,16+,19-,20?/m1/s1. The largest absolute Gasteiger partial charge is 0.481 e. The highest BCUT2D eigenvalue weighted by atomic mass is 31.3. The quantitative estimate of drug-likeness (QED) is 0.0960. The summed E-state index contributed by atoms with van der Waals surface area (Å²) in [5, 5.41) is 41.0. The van der Waals surface area contributed by atoms with E-state index in [4.69, 9.17) is 19.9 Å². The number of anilines is 1. The number of ether oxygens (including phenoxy) is 3. The number of nitrogens with zero attached hydrogens (tertiary/aromatic N) is 4. The third kappa shape index (κ3) is 7.48. The number of imidazole rings is 1. The Morgan fingerprint density at radius 2 is 1.64 bits per heavy atom. The number of phosphoric acid groups is 2. The van der Waals surface area contributed by atoms with Crippen LogP contribution in [0.3, 0.4) is 0 Å². The third-order valence-corrected chi connectivity index (χ3v) is 8.93.